The van der Waals surface area contributed by atoms with Gasteiger partial charge in [-0.2, -0.15) is 5.26 Å². The van der Waals surface area contributed by atoms with E-state index in [2.05, 4.69) is 9.97 Å². The highest BCUT2D eigenvalue weighted by molar-refractivity contribution is 6.30. The van der Waals surface area contributed by atoms with Crippen LogP contribution in [0.4, 0.5) is 4.39 Å². The Morgan fingerprint density at radius 2 is 1.91 bits per heavy atom. The highest BCUT2D eigenvalue weighted by Gasteiger charge is 2.12. The molecule has 3 aromatic rings. The molecule has 0 amide bonds. The van der Waals surface area contributed by atoms with Crippen LogP contribution in [0.5, 0.6) is 0 Å². The maximum atomic E-state index is 13.0. The lowest BCUT2D eigenvalue weighted by Gasteiger charge is -2.09. The van der Waals surface area contributed by atoms with Crippen molar-refractivity contribution in [3.8, 4) is 6.07 Å². The standard InChI is InChI=1S/C17H11FN4/c18-13-4-1-11(2-5-13)17(20)14(7-8-19)12-3-6-15-16(9-12)22-10-21-15/h1-7,9-10,20H,(H,21,22)/b14-7-,20-17?. The lowest BCUT2D eigenvalue weighted by Crippen LogP contribution is -2.03. The number of imidazole rings is 1. The molecule has 0 saturated heterocycles. The largest absolute Gasteiger partial charge is 0.345 e. The summed E-state index contributed by atoms with van der Waals surface area (Å²) < 4.78 is 13.0. The Bertz CT molecular complexity index is 914. The van der Waals surface area contributed by atoms with Gasteiger partial charge in [0.15, 0.2) is 0 Å². The minimum atomic E-state index is -0.360. The van der Waals surface area contributed by atoms with Crippen molar-refractivity contribution in [2.45, 2.75) is 0 Å². The van der Waals surface area contributed by atoms with Crippen LogP contribution < -0.4 is 0 Å². The molecule has 2 aromatic carbocycles. The summed E-state index contributed by atoms with van der Waals surface area (Å²) >= 11 is 0. The molecule has 0 saturated carbocycles. The van der Waals surface area contributed by atoms with Gasteiger partial charge >= 0.3 is 0 Å². The third-order valence-corrected chi connectivity index (χ3v) is 3.34. The molecule has 0 radical (unpaired) electrons. The summed E-state index contributed by atoms with van der Waals surface area (Å²) in [5.74, 6) is -0.360. The van der Waals surface area contributed by atoms with Crippen molar-refractivity contribution in [1.82, 2.24) is 9.97 Å². The van der Waals surface area contributed by atoms with E-state index in [9.17, 15) is 4.39 Å². The third kappa shape index (κ3) is 2.50. The summed E-state index contributed by atoms with van der Waals surface area (Å²) in [5.41, 5.74) is 3.56. The number of hydrogen-bond donors (Lipinski definition) is 2. The Balaban J connectivity index is 2.06. The number of benzene rings is 2. The number of H-pyrrole nitrogens is 1. The molecule has 22 heavy (non-hydrogen) atoms. The molecule has 106 valence electrons. The molecule has 2 N–H and O–H groups in total. The van der Waals surface area contributed by atoms with Gasteiger partial charge in [0.2, 0.25) is 0 Å². The molecule has 0 aliphatic heterocycles. The van der Waals surface area contributed by atoms with Crippen LogP contribution in [0.15, 0.2) is 54.9 Å². The molecule has 1 heterocycles. The van der Waals surface area contributed by atoms with Gasteiger partial charge in [0.1, 0.15) is 5.82 Å². The lowest BCUT2D eigenvalue weighted by molar-refractivity contribution is 0.628. The fraction of sp³-hybridized carbons (Fsp3) is 0. The molecule has 0 spiro atoms. The number of nitriles is 1. The van der Waals surface area contributed by atoms with E-state index in [-0.39, 0.29) is 11.5 Å². The number of aromatic amines is 1. The van der Waals surface area contributed by atoms with Gasteiger partial charge in [0.05, 0.1) is 29.1 Å². The zero-order valence-corrected chi connectivity index (χ0v) is 11.5. The minimum absolute atomic E-state index is 0.167. The van der Waals surface area contributed by atoms with E-state index >= 15 is 0 Å². The number of halogens is 1. The lowest BCUT2D eigenvalue weighted by atomic mass is 9.95. The zero-order valence-electron chi connectivity index (χ0n) is 11.5. The van der Waals surface area contributed by atoms with Gasteiger partial charge in [-0.3, -0.25) is 5.41 Å². The molecule has 0 atom stereocenters. The van der Waals surface area contributed by atoms with Crippen molar-refractivity contribution >= 4 is 22.3 Å². The number of hydrogen-bond acceptors (Lipinski definition) is 3. The van der Waals surface area contributed by atoms with E-state index in [4.69, 9.17) is 10.7 Å². The van der Waals surface area contributed by atoms with Gasteiger partial charge in [-0.05, 0) is 42.0 Å². The predicted molar refractivity (Wildman–Crippen MR) is 82.9 cm³/mol. The monoisotopic (exact) mass is 290 g/mol. The average Bonchev–Trinajstić information content (AvgIpc) is 3.00. The smallest absolute Gasteiger partial charge is 0.123 e. The Morgan fingerprint density at radius 3 is 2.64 bits per heavy atom. The van der Waals surface area contributed by atoms with Crippen LogP contribution >= 0.6 is 0 Å². The van der Waals surface area contributed by atoms with E-state index in [0.717, 1.165) is 16.6 Å². The molecular weight excluding hydrogens is 279 g/mol. The first kappa shape index (κ1) is 13.7. The number of nitrogens with zero attached hydrogens (tertiary/aromatic N) is 2. The van der Waals surface area contributed by atoms with Gasteiger partial charge in [0.25, 0.3) is 0 Å². The van der Waals surface area contributed by atoms with Gasteiger partial charge in [-0.15, -0.1) is 0 Å². The first-order valence-electron chi connectivity index (χ1n) is 6.57. The van der Waals surface area contributed by atoms with Crippen LogP contribution in [-0.4, -0.2) is 15.7 Å². The maximum Gasteiger partial charge on any atom is 0.123 e. The molecule has 0 aliphatic carbocycles. The minimum Gasteiger partial charge on any atom is -0.345 e. The summed E-state index contributed by atoms with van der Waals surface area (Å²) in [5, 5.41) is 17.3. The number of allylic oxidation sites excluding steroid dienone is 2. The van der Waals surface area contributed by atoms with Gasteiger partial charge < -0.3 is 4.98 Å². The second kappa shape index (κ2) is 5.62. The molecule has 0 bridgehead atoms. The predicted octanol–water partition coefficient (Wildman–Crippen LogP) is 3.68. The Kier molecular flexibility index (Phi) is 3.50. The van der Waals surface area contributed by atoms with E-state index < -0.39 is 0 Å². The van der Waals surface area contributed by atoms with Crippen LogP contribution in [-0.2, 0) is 0 Å². The molecule has 4 nitrogen and oxygen atoms in total. The first-order valence-corrected chi connectivity index (χ1v) is 6.57. The van der Waals surface area contributed by atoms with Gasteiger partial charge in [0, 0.05) is 17.2 Å². The van der Waals surface area contributed by atoms with Crippen molar-refractivity contribution in [2.75, 3.05) is 0 Å². The van der Waals surface area contributed by atoms with Crippen molar-refractivity contribution in [2.24, 2.45) is 0 Å². The van der Waals surface area contributed by atoms with Gasteiger partial charge in [-0.25, -0.2) is 9.37 Å². The van der Waals surface area contributed by atoms with Crippen LogP contribution in [0.1, 0.15) is 11.1 Å². The Hall–Kier alpha value is -3.26. The number of fused-ring (bicyclic) bond motifs is 1. The van der Waals surface area contributed by atoms with Crippen LogP contribution in [0.2, 0.25) is 0 Å². The molecule has 0 aliphatic rings. The topological polar surface area (TPSA) is 76.3 Å². The fourth-order valence-corrected chi connectivity index (χ4v) is 2.24. The Morgan fingerprint density at radius 1 is 1.18 bits per heavy atom. The summed E-state index contributed by atoms with van der Waals surface area (Å²) in [7, 11) is 0. The highest BCUT2D eigenvalue weighted by atomic mass is 19.1. The quantitative estimate of drug-likeness (QED) is 0.570. The normalized spacial score (nSPS) is 11.4. The second-order valence-electron chi connectivity index (χ2n) is 4.70. The molecule has 5 heteroatoms. The Labute approximate surface area is 126 Å². The van der Waals surface area contributed by atoms with Crippen molar-refractivity contribution in [3.63, 3.8) is 0 Å². The molecule has 0 unspecified atom stereocenters. The first-order chi connectivity index (χ1) is 10.7. The second-order valence-corrected chi connectivity index (χ2v) is 4.70. The van der Waals surface area contributed by atoms with Gasteiger partial charge in [-0.1, -0.05) is 6.07 Å². The average molecular weight is 290 g/mol. The summed E-state index contributed by atoms with van der Waals surface area (Å²) in [6.45, 7) is 0. The van der Waals surface area contributed by atoms with Crippen LogP contribution in [0.25, 0.3) is 16.6 Å². The van der Waals surface area contributed by atoms with Crippen molar-refractivity contribution in [1.29, 1.82) is 10.7 Å². The maximum absolute atomic E-state index is 13.0. The van der Waals surface area contributed by atoms with Crippen molar-refractivity contribution in [3.05, 3.63) is 71.8 Å². The van der Waals surface area contributed by atoms with E-state index in [1.807, 2.05) is 24.3 Å². The van der Waals surface area contributed by atoms with E-state index in [1.165, 1.54) is 30.3 Å². The fourth-order valence-electron chi connectivity index (χ4n) is 2.24. The van der Waals surface area contributed by atoms with Crippen LogP contribution in [0, 0.1) is 22.6 Å². The van der Waals surface area contributed by atoms with E-state index in [1.54, 1.807) is 6.33 Å². The summed E-state index contributed by atoms with van der Waals surface area (Å²) in [4.78, 5) is 7.14. The number of rotatable bonds is 3. The molecular formula is C17H11FN4. The summed E-state index contributed by atoms with van der Waals surface area (Å²) in [6.07, 6.45) is 2.91. The number of nitrogens with one attached hydrogen (secondary N) is 2. The number of aromatic nitrogens is 2. The van der Waals surface area contributed by atoms with E-state index in [0.29, 0.717) is 11.1 Å². The van der Waals surface area contributed by atoms with Crippen LogP contribution in [0.3, 0.4) is 0 Å². The summed E-state index contributed by atoms with van der Waals surface area (Å²) in [6, 6.07) is 13.1. The SMILES string of the molecule is N#C/C=C(\C(=N)c1ccc(F)cc1)c1ccc2nc[nH]c2c1. The molecule has 0 fully saturated rings. The molecule has 1 aromatic heterocycles. The highest BCUT2D eigenvalue weighted by Crippen LogP contribution is 2.23. The third-order valence-electron chi connectivity index (χ3n) is 3.34. The van der Waals surface area contributed by atoms with Crippen molar-refractivity contribution < 1.29 is 4.39 Å². The molecule has 3 rings (SSSR count). The zero-order chi connectivity index (χ0) is 15.5.